The molecular weight excluding hydrogens is 304 g/mol. The number of nitrogens with one attached hydrogen (secondary N) is 1. The molecular formula is C19H28N2O3. The Morgan fingerprint density at radius 2 is 1.83 bits per heavy atom. The van der Waals surface area contributed by atoms with Gasteiger partial charge < -0.3 is 20.1 Å². The second kappa shape index (κ2) is 8.49. The number of hydrogen-bond acceptors (Lipinski definition) is 4. The summed E-state index contributed by atoms with van der Waals surface area (Å²) in [6.07, 6.45) is 7.41. The highest BCUT2D eigenvalue weighted by molar-refractivity contribution is 5.95. The van der Waals surface area contributed by atoms with Crippen molar-refractivity contribution in [2.24, 2.45) is 0 Å². The summed E-state index contributed by atoms with van der Waals surface area (Å²) in [7, 11) is 0. The summed E-state index contributed by atoms with van der Waals surface area (Å²) in [5, 5.41) is 12.7. The fourth-order valence-electron chi connectivity index (χ4n) is 3.57. The molecule has 2 aliphatic rings. The molecule has 1 saturated carbocycles. The standard InChI is InChI=1S/C19H28N2O3/c22-15-10-12-21(13-11-15)18-9-5-4-8-17(18)20-19(23)14-24-16-6-2-1-3-7-16/h4-5,8-9,15-16,22H,1-3,6-7,10-14H2,(H,20,23). The van der Waals surface area contributed by atoms with Crippen molar-refractivity contribution in [1.29, 1.82) is 0 Å². The molecule has 1 aliphatic heterocycles. The summed E-state index contributed by atoms with van der Waals surface area (Å²) in [5.74, 6) is -0.0925. The lowest BCUT2D eigenvalue weighted by Gasteiger charge is -2.32. The molecule has 5 heteroatoms. The maximum Gasteiger partial charge on any atom is 0.250 e. The van der Waals surface area contributed by atoms with Crippen molar-refractivity contribution in [1.82, 2.24) is 0 Å². The Hall–Kier alpha value is -1.59. The van der Waals surface area contributed by atoms with Crippen LogP contribution in [0.5, 0.6) is 0 Å². The van der Waals surface area contributed by atoms with E-state index in [9.17, 15) is 9.90 Å². The average molecular weight is 332 g/mol. The van der Waals surface area contributed by atoms with Gasteiger partial charge in [0.2, 0.25) is 5.91 Å². The van der Waals surface area contributed by atoms with E-state index in [1.54, 1.807) is 0 Å². The number of rotatable bonds is 5. The Balaban J connectivity index is 1.55. The third-order valence-corrected chi connectivity index (χ3v) is 4.99. The van der Waals surface area contributed by atoms with Crippen LogP contribution >= 0.6 is 0 Å². The zero-order valence-electron chi connectivity index (χ0n) is 14.2. The van der Waals surface area contributed by atoms with Crippen molar-refractivity contribution in [3.05, 3.63) is 24.3 Å². The van der Waals surface area contributed by atoms with Crippen LogP contribution < -0.4 is 10.2 Å². The SMILES string of the molecule is O=C(COC1CCCCC1)Nc1ccccc1N1CCC(O)CC1. The molecule has 3 rings (SSSR count). The van der Waals surface area contributed by atoms with Gasteiger partial charge in [-0.2, -0.15) is 0 Å². The van der Waals surface area contributed by atoms with Gasteiger partial charge in [0.1, 0.15) is 6.61 Å². The first kappa shape index (κ1) is 17.2. The number of aliphatic hydroxyl groups is 1. The summed E-state index contributed by atoms with van der Waals surface area (Å²) in [6.45, 7) is 1.75. The molecule has 0 unspecified atom stereocenters. The maximum absolute atomic E-state index is 12.2. The van der Waals surface area contributed by atoms with Gasteiger partial charge in [-0.3, -0.25) is 4.79 Å². The van der Waals surface area contributed by atoms with Gasteiger partial charge in [-0.25, -0.2) is 0 Å². The van der Waals surface area contributed by atoms with Gasteiger partial charge in [-0.1, -0.05) is 31.4 Å². The largest absolute Gasteiger partial charge is 0.393 e. The van der Waals surface area contributed by atoms with Crippen molar-refractivity contribution in [2.75, 3.05) is 29.9 Å². The predicted molar refractivity (Wildman–Crippen MR) is 95.4 cm³/mol. The zero-order chi connectivity index (χ0) is 16.8. The monoisotopic (exact) mass is 332 g/mol. The van der Waals surface area contributed by atoms with Crippen LogP contribution in [0.25, 0.3) is 0 Å². The molecule has 0 aromatic heterocycles. The normalized spacial score (nSPS) is 20.1. The number of para-hydroxylation sites is 2. The van der Waals surface area contributed by atoms with Crippen molar-refractivity contribution in [2.45, 2.75) is 57.2 Å². The predicted octanol–water partition coefficient (Wildman–Crippen LogP) is 2.94. The summed E-state index contributed by atoms with van der Waals surface area (Å²) in [4.78, 5) is 14.5. The van der Waals surface area contributed by atoms with E-state index in [0.717, 1.165) is 50.1 Å². The van der Waals surface area contributed by atoms with Crippen LogP contribution in [0.2, 0.25) is 0 Å². The number of benzene rings is 1. The van der Waals surface area contributed by atoms with Crippen LogP contribution in [-0.4, -0.2) is 42.9 Å². The summed E-state index contributed by atoms with van der Waals surface area (Å²) < 4.78 is 5.76. The maximum atomic E-state index is 12.2. The van der Waals surface area contributed by atoms with Gasteiger partial charge in [0, 0.05) is 13.1 Å². The van der Waals surface area contributed by atoms with E-state index in [-0.39, 0.29) is 24.7 Å². The number of carbonyl (C=O) groups is 1. The quantitative estimate of drug-likeness (QED) is 0.870. The Morgan fingerprint density at radius 1 is 1.12 bits per heavy atom. The highest BCUT2D eigenvalue weighted by atomic mass is 16.5. The van der Waals surface area contributed by atoms with Crippen molar-refractivity contribution in [3.63, 3.8) is 0 Å². The van der Waals surface area contributed by atoms with Crippen LogP contribution in [-0.2, 0) is 9.53 Å². The molecule has 132 valence electrons. The topological polar surface area (TPSA) is 61.8 Å². The highest BCUT2D eigenvalue weighted by Gasteiger charge is 2.20. The summed E-state index contributed by atoms with van der Waals surface area (Å²) in [6, 6.07) is 7.86. The summed E-state index contributed by atoms with van der Waals surface area (Å²) in [5.41, 5.74) is 1.85. The Morgan fingerprint density at radius 3 is 2.58 bits per heavy atom. The number of nitrogens with zero attached hydrogens (tertiary/aromatic N) is 1. The number of anilines is 2. The first-order valence-corrected chi connectivity index (χ1v) is 9.16. The molecule has 0 spiro atoms. The van der Waals surface area contributed by atoms with Crippen molar-refractivity contribution in [3.8, 4) is 0 Å². The fourth-order valence-corrected chi connectivity index (χ4v) is 3.57. The molecule has 5 nitrogen and oxygen atoms in total. The third-order valence-electron chi connectivity index (χ3n) is 4.99. The zero-order valence-corrected chi connectivity index (χ0v) is 14.2. The van der Waals surface area contributed by atoms with E-state index < -0.39 is 0 Å². The van der Waals surface area contributed by atoms with E-state index in [1.165, 1.54) is 19.3 Å². The first-order chi connectivity index (χ1) is 11.7. The minimum Gasteiger partial charge on any atom is -0.393 e. The van der Waals surface area contributed by atoms with Crippen LogP contribution in [0.3, 0.4) is 0 Å². The van der Waals surface area contributed by atoms with E-state index >= 15 is 0 Å². The van der Waals surface area contributed by atoms with E-state index in [0.29, 0.717) is 0 Å². The molecule has 1 saturated heterocycles. The van der Waals surface area contributed by atoms with Crippen LogP contribution in [0.4, 0.5) is 11.4 Å². The minimum absolute atomic E-state index is 0.0925. The van der Waals surface area contributed by atoms with E-state index in [1.807, 2.05) is 24.3 Å². The van der Waals surface area contributed by atoms with Gasteiger partial charge in [-0.05, 0) is 37.8 Å². The van der Waals surface area contributed by atoms with Gasteiger partial charge in [-0.15, -0.1) is 0 Å². The molecule has 24 heavy (non-hydrogen) atoms. The minimum atomic E-state index is -0.202. The Kier molecular flexibility index (Phi) is 6.10. The van der Waals surface area contributed by atoms with E-state index in [2.05, 4.69) is 10.2 Å². The van der Waals surface area contributed by atoms with Crippen LogP contribution in [0, 0.1) is 0 Å². The summed E-state index contributed by atoms with van der Waals surface area (Å²) >= 11 is 0. The highest BCUT2D eigenvalue weighted by Crippen LogP contribution is 2.28. The van der Waals surface area contributed by atoms with Crippen LogP contribution in [0.1, 0.15) is 44.9 Å². The average Bonchev–Trinajstić information content (AvgIpc) is 2.62. The molecule has 1 heterocycles. The number of piperidine rings is 1. The van der Waals surface area contributed by atoms with Gasteiger partial charge in [0.15, 0.2) is 0 Å². The number of hydrogen-bond donors (Lipinski definition) is 2. The lowest BCUT2D eigenvalue weighted by Crippen LogP contribution is -2.36. The number of ether oxygens (including phenoxy) is 1. The van der Waals surface area contributed by atoms with Crippen LogP contribution in [0.15, 0.2) is 24.3 Å². The number of carbonyl (C=O) groups excluding carboxylic acids is 1. The molecule has 1 amide bonds. The second-order valence-corrected chi connectivity index (χ2v) is 6.85. The van der Waals surface area contributed by atoms with Gasteiger partial charge in [0.05, 0.1) is 23.6 Å². The molecule has 0 radical (unpaired) electrons. The van der Waals surface area contributed by atoms with E-state index in [4.69, 9.17) is 4.74 Å². The van der Waals surface area contributed by atoms with Gasteiger partial charge >= 0.3 is 0 Å². The Bertz CT molecular complexity index is 535. The smallest absolute Gasteiger partial charge is 0.250 e. The lowest BCUT2D eigenvalue weighted by atomic mass is 9.98. The fraction of sp³-hybridized carbons (Fsp3) is 0.632. The third kappa shape index (κ3) is 4.71. The lowest BCUT2D eigenvalue weighted by molar-refractivity contribution is -0.123. The first-order valence-electron chi connectivity index (χ1n) is 9.16. The molecule has 1 aromatic rings. The number of amides is 1. The second-order valence-electron chi connectivity index (χ2n) is 6.85. The van der Waals surface area contributed by atoms with Crippen molar-refractivity contribution < 1.29 is 14.6 Å². The molecule has 0 atom stereocenters. The molecule has 1 aromatic carbocycles. The Labute approximate surface area is 144 Å². The van der Waals surface area contributed by atoms with Gasteiger partial charge in [0.25, 0.3) is 0 Å². The van der Waals surface area contributed by atoms with Crippen molar-refractivity contribution >= 4 is 17.3 Å². The number of aliphatic hydroxyl groups excluding tert-OH is 1. The molecule has 1 aliphatic carbocycles. The molecule has 2 fully saturated rings. The molecule has 0 bridgehead atoms. The molecule has 2 N–H and O–H groups in total.